The minimum Gasteiger partial charge on any atom is -0.450 e. The molecule has 6 nitrogen and oxygen atoms in total. The van der Waals surface area contributed by atoms with Gasteiger partial charge in [-0.05, 0) is 37.3 Å². The minimum atomic E-state index is -0.242. The molecule has 0 N–H and O–H groups in total. The molecule has 1 amide bonds. The van der Waals surface area contributed by atoms with Crippen molar-refractivity contribution in [1.82, 2.24) is 14.3 Å². The van der Waals surface area contributed by atoms with Gasteiger partial charge < -0.3 is 18.9 Å². The number of piperazine rings is 1. The van der Waals surface area contributed by atoms with Crippen LogP contribution in [0.15, 0.2) is 36.5 Å². The molecule has 1 aromatic carbocycles. The number of halogens is 1. The second kappa shape index (κ2) is 6.44. The summed E-state index contributed by atoms with van der Waals surface area (Å²) in [4.78, 5) is 20.7. The van der Waals surface area contributed by atoms with Crippen LogP contribution in [-0.4, -0.2) is 53.2 Å². The number of nitrogens with zero attached hydrogens (tertiary/aromatic N) is 4. The first-order valence-electron chi connectivity index (χ1n) is 8.40. The Morgan fingerprint density at radius 3 is 2.76 bits per heavy atom. The first-order valence-corrected chi connectivity index (χ1v) is 8.78. The average Bonchev–Trinajstić information content (AvgIpc) is 3.11. The quantitative estimate of drug-likeness (QED) is 0.704. The summed E-state index contributed by atoms with van der Waals surface area (Å²) in [6.45, 7) is 4.91. The molecule has 1 aliphatic heterocycles. The molecule has 1 aliphatic rings. The van der Waals surface area contributed by atoms with Gasteiger partial charge in [0.05, 0.1) is 23.2 Å². The van der Waals surface area contributed by atoms with Crippen LogP contribution in [0.3, 0.4) is 0 Å². The van der Waals surface area contributed by atoms with Crippen LogP contribution < -0.4 is 4.90 Å². The number of hydrogen-bond donors (Lipinski definition) is 0. The molecule has 25 heavy (non-hydrogen) atoms. The van der Waals surface area contributed by atoms with Gasteiger partial charge in [0.2, 0.25) is 0 Å². The lowest BCUT2D eigenvalue weighted by atomic mass is 10.2. The highest BCUT2D eigenvalue weighted by Gasteiger charge is 2.24. The smallest absolute Gasteiger partial charge is 0.409 e. The number of carbonyl (C=O) groups excluding carboxylic acids is 1. The lowest BCUT2D eigenvalue weighted by molar-refractivity contribution is 0.105. The second-order valence-corrected chi connectivity index (χ2v) is 6.44. The molecule has 0 bridgehead atoms. The van der Waals surface area contributed by atoms with Gasteiger partial charge in [-0.2, -0.15) is 0 Å². The predicted molar refractivity (Wildman–Crippen MR) is 98.5 cm³/mol. The van der Waals surface area contributed by atoms with Crippen LogP contribution >= 0.6 is 11.6 Å². The van der Waals surface area contributed by atoms with Gasteiger partial charge in [0.1, 0.15) is 0 Å². The Bertz CT molecular complexity index is 931. The summed E-state index contributed by atoms with van der Waals surface area (Å²) in [5.41, 5.74) is 2.94. The van der Waals surface area contributed by atoms with E-state index in [-0.39, 0.29) is 6.09 Å². The Labute approximate surface area is 150 Å². The zero-order valence-electron chi connectivity index (χ0n) is 14.0. The van der Waals surface area contributed by atoms with E-state index in [2.05, 4.69) is 15.4 Å². The molecule has 0 saturated carbocycles. The Morgan fingerprint density at radius 2 is 2.00 bits per heavy atom. The molecule has 0 radical (unpaired) electrons. The molecule has 7 heteroatoms. The van der Waals surface area contributed by atoms with Crippen molar-refractivity contribution in [1.29, 1.82) is 0 Å². The van der Waals surface area contributed by atoms with Crippen LogP contribution in [0.1, 0.15) is 6.92 Å². The minimum absolute atomic E-state index is 0.242. The maximum absolute atomic E-state index is 11.9. The zero-order valence-corrected chi connectivity index (χ0v) is 14.7. The van der Waals surface area contributed by atoms with Crippen LogP contribution in [0.4, 0.5) is 10.6 Å². The second-order valence-electron chi connectivity index (χ2n) is 6.00. The van der Waals surface area contributed by atoms with E-state index < -0.39 is 0 Å². The highest BCUT2D eigenvalue weighted by atomic mass is 35.5. The van der Waals surface area contributed by atoms with Crippen molar-refractivity contribution in [2.45, 2.75) is 6.92 Å². The van der Waals surface area contributed by atoms with Gasteiger partial charge in [-0.3, -0.25) is 0 Å². The van der Waals surface area contributed by atoms with Gasteiger partial charge in [-0.15, -0.1) is 0 Å². The third-order valence-corrected chi connectivity index (χ3v) is 4.74. The van der Waals surface area contributed by atoms with Gasteiger partial charge in [-0.25, -0.2) is 9.78 Å². The van der Waals surface area contributed by atoms with Gasteiger partial charge >= 0.3 is 6.09 Å². The van der Waals surface area contributed by atoms with E-state index in [1.165, 1.54) is 0 Å². The van der Waals surface area contributed by atoms with Crippen LogP contribution in [0.5, 0.6) is 0 Å². The summed E-state index contributed by atoms with van der Waals surface area (Å²) >= 11 is 6.14. The van der Waals surface area contributed by atoms with Crippen molar-refractivity contribution in [3.05, 3.63) is 41.6 Å². The number of rotatable bonds is 2. The fourth-order valence-electron chi connectivity index (χ4n) is 3.28. The van der Waals surface area contributed by atoms with Crippen molar-refractivity contribution < 1.29 is 9.53 Å². The fraction of sp³-hybridized carbons (Fsp3) is 0.333. The number of carbonyl (C=O) groups is 1. The Kier molecular flexibility index (Phi) is 4.13. The number of benzene rings is 1. The number of aromatic nitrogens is 2. The number of hydrogen-bond acceptors (Lipinski definition) is 4. The maximum atomic E-state index is 11.9. The van der Waals surface area contributed by atoms with Crippen LogP contribution in [-0.2, 0) is 4.74 Å². The molecule has 2 aromatic heterocycles. The predicted octanol–water partition coefficient (Wildman–Crippen LogP) is 3.42. The van der Waals surface area contributed by atoms with Crippen LogP contribution in [0.25, 0.3) is 16.6 Å². The molecular weight excluding hydrogens is 340 g/mol. The van der Waals surface area contributed by atoms with Crippen LogP contribution in [0.2, 0.25) is 5.02 Å². The van der Waals surface area contributed by atoms with E-state index in [0.717, 1.165) is 35.5 Å². The summed E-state index contributed by atoms with van der Waals surface area (Å²) in [6.07, 6.45) is 1.79. The van der Waals surface area contributed by atoms with E-state index in [0.29, 0.717) is 24.7 Å². The largest absolute Gasteiger partial charge is 0.450 e. The van der Waals surface area contributed by atoms with Crippen LogP contribution in [0, 0.1) is 0 Å². The van der Waals surface area contributed by atoms with Gasteiger partial charge in [0.15, 0.2) is 5.82 Å². The fourth-order valence-corrected chi connectivity index (χ4v) is 3.45. The molecule has 1 fully saturated rings. The Morgan fingerprint density at radius 1 is 1.20 bits per heavy atom. The van der Waals surface area contributed by atoms with Crippen molar-refractivity contribution in [3.8, 4) is 0 Å². The standard InChI is InChI=1S/C18H19ClN4O2/c1-2-25-18(24)22-10-8-21(9-11-22)17-16-4-3-7-23(16)15-6-5-13(19)12-14(15)20-17/h3-7,12H,2,8-11H2,1H3. The zero-order chi connectivity index (χ0) is 17.4. The molecule has 3 heterocycles. The summed E-state index contributed by atoms with van der Waals surface area (Å²) < 4.78 is 7.22. The number of fused-ring (bicyclic) bond motifs is 3. The van der Waals surface area contributed by atoms with E-state index in [4.69, 9.17) is 21.3 Å². The molecular formula is C18H19ClN4O2. The van der Waals surface area contributed by atoms with Gasteiger partial charge in [0, 0.05) is 37.4 Å². The summed E-state index contributed by atoms with van der Waals surface area (Å²) in [5, 5.41) is 0.671. The monoisotopic (exact) mass is 358 g/mol. The lowest BCUT2D eigenvalue weighted by Crippen LogP contribution is -2.49. The Hall–Kier alpha value is -2.47. The molecule has 0 atom stereocenters. The normalized spacial score (nSPS) is 15.1. The number of amides is 1. The van der Waals surface area contributed by atoms with Gasteiger partial charge in [0.25, 0.3) is 0 Å². The van der Waals surface area contributed by atoms with Gasteiger partial charge in [-0.1, -0.05) is 11.6 Å². The highest BCUT2D eigenvalue weighted by Crippen LogP contribution is 2.27. The van der Waals surface area contributed by atoms with E-state index >= 15 is 0 Å². The van der Waals surface area contributed by atoms with Crippen molar-refractivity contribution in [2.24, 2.45) is 0 Å². The summed E-state index contributed by atoms with van der Waals surface area (Å²) in [6, 6.07) is 9.83. The molecule has 3 aromatic rings. The number of ether oxygens (including phenoxy) is 1. The highest BCUT2D eigenvalue weighted by molar-refractivity contribution is 6.31. The topological polar surface area (TPSA) is 50.1 Å². The SMILES string of the molecule is CCOC(=O)N1CCN(c2nc3cc(Cl)ccc3n3cccc23)CC1. The molecule has 1 saturated heterocycles. The number of anilines is 1. The summed E-state index contributed by atoms with van der Waals surface area (Å²) in [5.74, 6) is 0.920. The molecule has 130 valence electrons. The van der Waals surface area contributed by atoms with Crippen molar-refractivity contribution in [2.75, 3.05) is 37.7 Å². The lowest BCUT2D eigenvalue weighted by Gasteiger charge is -2.35. The van der Waals surface area contributed by atoms with E-state index in [1.54, 1.807) is 4.90 Å². The maximum Gasteiger partial charge on any atom is 0.409 e. The molecule has 0 unspecified atom stereocenters. The third-order valence-electron chi connectivity index (χ3n) is 4.51. The molecule has 0 aliphatic carbocycles. The first-order chi connectivity index (χ1) is 12.2. The molecule has 0 spiro atoms. The van der Waals surface area contributed by atoms with Crippen molar-refractivity contribution in [3.63, 3.8) is 0 Å². The summed E-state index contributed by atoms with van der Waals surface area (Å²) in [7, 11) is 0. The van der Waals surface area contributed by atoms with E-state index in [9.17, 15) is 4.79 Å². The average molecular weight is 359 g/mol. The van der Waals surface area contributed by atoms with Crippen molar-refractivity contribution >= 4 is 40.1 Å². The van der Waals surface area contributed by atoms with E-state index in [1.807, 2.05) is 37.4 Å². The Balaban J connectivity index is 1.67. The third kappa shape index (κ3) is 2.87. The first kappa shape index (κ1) is 16.0. The molecule has 4 rings (SSSR count).